The molecule has 0 unspecified atom stereocenters. The fourth-order valence-electron chi connectivity index (χ4n) is 3.57. The lowest BCUT2D eigenvalue weighted by atomic mass is 9.96. The number of aromatic nitrogens is 1. The standard InChI is InChI=1S/C23H24N4/c1-3-9-21(10-4-1)23(22-11-5-2-6-12-22)26-14-16-27(17-15-26)25-19-20-8-7-13-24-18-20/h1-13,18-19,23H,14-17H2/b25-19+. The van der Waals surface area contributed by atoms with E-state index in [9.17, 15) is 0 Å². The Morgan fingerprint density at radius 1 is 0.778 bits per heavy atom. The molecule has 1 aliphatic heterocycles. The highest BCUT2D eigenvalue weighted by Crippen LogP contribution is 2.29. The summed E-state index contributed by atoms with van der Waals surface area (Å²) in [6.45, 7) is 3.82. The van der Waals surface area contributed by atoms with Crippen LogP contribution in [0.1, 0.15) is 22.7 Å². The molecule has 0 spiro atoms. The van der Waals surface area contributed by atoms with Gasteiger partial charge in [-0.2, -0.15) is 5.10 Å². The first-order valence-corrected chi connectivity index (χ1v) is 9.43. The summed E-state index contributed by atoms with van der Waals surface area (Å²) in [6.07, 6.45) is 5.51. The Bertz CT molecular complexity index is 802. The highest BCUT2D eigenvalue weighted by atomic mass is 15.5. The molecule has 2 heterocycles. The second-order valence-corrected chi connectivity index (χ2v) is 6.74. The van der Waals surface area contributed by atoms with Crippen molar-refractivity contribution in [2.24, 2.45) is 5.10 Å². The topological polar surface area (TPSA) is 31.7 Å². The van der Waals surface area contributed by atoms with E-state index in [-0.39, 0.29) is 6.04 Å². The van der Waals surface area contributed by atoms with E-state index >= 15 is 0 Å². The van der Waals surface area contributed by atoms with Crippen molar-refractivity contribution in [1.29, 1.82) is 0 Å². The van der Waals surface area contributed by atoms with E-state index < -0.39 is 0 Å². The first-order chi connectivity index (χ1) is 13.4. The summed E-state index contributed by atoms with van der Waals surface area (Å²) in [5.41, 5.74) is 3.72. The van der Waals surface area contributed by atoms with Crippen LogP contribution in [0.25, 0.3) is 0 Å². The van der Waals surface area contributed by atoms with Crippen molar-refractivity contribution >= 4 is 6.21 Å². The molecule has 0 bridgehead atoms. The van der Waals surface area contributed by atoms with E-state index in [2.05, 4.69) is 80.7 Å². The molecule has 0 aliphatic carbocycles. The molecule has 2 aromatic carbocycles. The second-order valence-electron chi connectivity index (χ2n) is 6.74. The average Bonchev–Trinajstić information content (AvgIpc) is 2.76. The SMILES string of the molecule is C(=N\N1CCN(C(c2ccccc2)c2ccccc2)CC1)/c1cccnc1. The Kier molecular flexibility index (Phi) is 5.56. The van der Waals surface area contributed by atoms with Crippen molar-refractivity contribution < 1.29 is 0 Å². The van der Waals surface area contributed by atoms with Crippen LogP contribution in [0.4, 0.5) is 0 Å². The lowest BCUT2D eigenvalue weighted by Crippen LogP contribution is -2.45. The summed E-state index contributed by atoms with van der Waals surface area (Å²) in [7, 11) is 0. The van der Waals surface area contributed by atoms with Crippen LogP contribution in [0, 0.1) is 0 Å². The van der Waals surface area contributed by atoms with E-state index in [4.69, 9.17) is 0 Å². The van der Waals surface area contributed by atoms with Crippen molar-refractivity contribution in [3.05, 3.63) is 102 Å². The Morgan fingerprint density at radius 2 is 1.41 bits per heavy atom. The summed E-state index contributed by atoms with van der Waals surface area (Å²) in [5, 5.41) is 6.78. The molecule has 1 aromatic heterocycles. The molecule has 1 fully saturated rings. The lowest BCUT2D eigenvalue weighted by molar-refractivity contribution is 0.113. The van der Waals surface area contributed by atoms with Crippen molar-refractivity contribution in [2.75, 3.05) is 26.2 Å². The maximum atomic E-state index is 4.63. The largest absolute Gasteiger partial charge is 0.294 e. The molecule has 3 aromatic rings. The zero-order valence-corrected chi connectivity index (χ0v) is 15.4. The minimum atomic E-state index is 0.289. The van der Waals surface area contributed by atoms with Gasteiger partial charge in [0.15, 0.2) is 0 Å². The third-order valence-electron chi connectivity index (χ3n) is 4.94. The third kappa shape index (κ3) is 4.41. The number of pyridine rings is 1. The van der Waals surface area contributed by atoms with Crippen molar-refractivity contribution in [1.82, 2.24) is 14.9 Å². The van der Waals surface area contributed by atoms with Crippen LogP contribution in [-0.2, 0) is 0 Å². The molecule has 4 heteroatoms. The number of rotatable bonds is 5. The van der Waals surface area contributed by atoms with Crippen LogP contribution in [-0.4, -0.2) is 47.3 Å². The summed E-state index contributed by atoms with van der Waals surface area (Å²) in [4.78, 5) is 6.69. The van der Waals surface area contributed by atoms with Gasteiger partial charge in [0.25, 0.3) is 0 Å². The van der Waals surface area contributed by atoms with Gasteiger partial charge < -0.3 is 0 Å². The highest BCUT2D eigenvalue weighted by molar-refractivity contribution is 5.78. The van der Waals surface area contributed by atoms with Crippen molar-refractivity contribution in [3.63, 3.8) is 0 Å². The maximum absolute atomic E-state index is 4.63. The fourth-order valence-corrected chi connectivity index (χ4v) is 3.57. The van der Waals surface area contributed by atoms with E-state index in [1.165, 1.54) is 11.1 Å². The molecule has 0 atom stereocenters. The second kappa shape index (κ2) is 8.60. The summed E-state index contributed by atoms with van der Waals surface area (Å²) in [6, 6.07) is 25.8. The molecule has 0 amide bonds. The van der Waals surface area contributed by atoms with Gasteiger partial charge in [-0.05, 0) is 17.2 Å². The van der Waals surface area contributed by atoms with Gasteiger partial charge in [0.1, 0.15) is 0 Å². The van der Waals surface area contributed by atoms with Crippen LogP contribution in [0.3, 0.4) is 0 Å². The Balaban J connectivity index is 1.47. The lowest BCUT2D eigenvalue weighted by Gasteiger charge is -2.38. The molecule has 1 aliphatic rings. The number of piperazine rings is 1. The molecule has 0 N–H and O–H groups in total. The van der Waals surface area contributed by atoms with Gasteiger partial charge in [-0.3, -0.25) is 14.9 Å². The molecule has 27 heavy (non-hydrogen) atoms. The van der Waals surface area contributed by atoms with E-state index in [0.717, 1.165) is 31.7 Å². The predicted molar refractivity (Wildman–Crippen MR) is 110 cm³/mol. The van der Waals surface area contributed by atoms with Crippen LogP contribution >= 0.6 is 0 Å². The zero-order chi connectivity index (χ0) is 18.3. The van der Waals surface area contributed by atoms with Gasteiger partial charge >= 0.3 is 0 Å². The molecule has 136 valence electrons. The molecular weight excluding hydrogens is 332 g/mol. The molecule has 1 saturated heterocycles. The zero-order valence-electron chi connectivity index (χ0n) is 15.4. The quantitative estimate of drug-likeness (QED) is 0.651. The number of hydrogen-bond donors (Lipinski definition) is 0. The Labute approximate surface area is 160 Å². The van der Waals surface area contributed by atoms with Gasteiger partial charge in [0, 0.05) is 44.1 Å². The van der Waals surface area contributed by atoms with Gasteiger partial charge in [-0.1, -0.05) is 66.7 Å². The van der Waals surface area contributed by atoms with Crippen molar-refractivity contribution in [2.45, 2.75) is 6.04 Å². The van der Waals surface area contributed by atoms with Crippen LogP contribution < -0.4 is 0 Å². The maximum Gasteiger partial charge on any atom is 0.0603 e. The molecule has 0 radical (unpaired) electrons. The number of hydrogen-bond acceptors (Lipinski definition) is 4. The molecular formula is C23H24N4. The molecule has 0 saturated carbocycles. The summed E-state index contributed by atoms with van der Waals surface area (Å²) >= 11 is 0. The first-order valence-electron chi connectivity index (χ1n) is 9.43. The van der Waals surface area contributed by atoms with Gasteiger partial charge in [-0.15, -0.1) is 0 Å². The minimum Gasteiger partial charge on any atom is -0.294 e. The highest BCUT2D eigenvalue weighted by Gasteiger charge is 2.25. The smallest absolute Gasteiger partial charge is 0.0603 e. The molecule has 4 rings (SSSR count). The molecule has 4 nitrogen and oxygen atoms in total. The van der Waals surface area contributed by atoms with Crippen LogP contribution in [0.15, 0.2) is 90.3 Å². The minimum absolute atomic E-state index is 0.289. The Hall–Kier alpha value is -2.98. The summed E-state index contributed by atoms with van der Waals surface area (Å²) < 4.78 is 0. The predicted octanol–water partition coefficient (Wildman–Crippen LogP) is 3.82. The van der Waals surface area contributed by atoms with Crippen LogP contribution in [0.2, 0.25) is 0 Å². The fraction of sp³-hybridized carbons (Fsp3) is 0.217. The Morgan fingerprint density at radius 3 is 1.96 bits per heavy atom. The normalized spacial score (nSPS) is 15.5. The van der Waals surface area contributed by atoms with Crippen molar-refractivity contribution in [3.8, 4) is 0 Å². The van der Waals surface area contributed by atoms with Crippen LogP contribution in [0.5, 0.6) is 0 Å². The van der Waals surface area contributed by atoms with Gasteiger partial charge in [0.2, 0.25) is 0 Å². The summed E-state index contributed by atoms with van der Waals surface area (Å²) in [5.74, 6) is 0. The third-order valence-corrected chi connectivity index (χ3v) is 4.94. The van der Waals surface area contributed by atoms with Gasteiger partial charge in [0.05, 0.1) is 12.3 Å². The average molecular weight is 356 g/mol. The first kappa shape index (κ1) is 17.4. The van der Waals surface area contributed by atoms with E-state index in [1.807, 2.05) is 24.5 Å². The van der Waals surface area contributed by atoms with E-state index in [0.29, 0.717) is 0 Å². The number of nitrogens with zero attached hydrogens (tertiary/aromatic N) is 4. The van der Waals surface area contributed by atoms with E-state index in [1.54, 1.807) is 6.20 Å². The monoisotopic (exact) mass is 356 g/mol. The van der Waals surface area contributed by atoms with Gasteiger partial charge in [-0.25, -0.2) is 0 Å². The number of hydrazone groups is 1. The number of benzene rings is 2.